The Morgan fingerprint density at radius 2 is 1.90 bits per heavy atom. The molecule has 2 aromatic carbocycles. The van der Waals surface area contributed by atoms with Crippen LogP contribution in [0.2, 0.25) is 0 Å². The van der Waals surface area contributed by atoms with Gasteiger partial charge in [-0.25, -0.2) is 0 Å². The van der Waals surface area contributed by atoms with E-state index in [9.17, 15) is 19.8 Å². The topological polar surface area (TPSA) is 127 Å². The van der Waals surface area contributed by atoms with E-state index in [1.54, 1.807) is 50.3 Å². The second-order valence-corrected chi connectivity index (χ2v) is 10.3. The van der Waals surface area contributed by atoms with Gasteiger partial charge in [-0.05, 0) is 77.9 Å². The number of carbonyl (C=O) groups excluding carboxylic acids is 2. The van der Waals surface area contributed by atoms with Crippen LogP contribution in [-0.4, -0.2) is 92.3 Å². The first-order valence-electron chi connectivity index (χ1n) is 13.1. The summed E-state index contributed by atoms with van der Waals surface area (Å²) in [5.74, 6) is 1.13. The van der Waals surface area contributed by atoms with Crippen molar-refractivity contribution in [3.8, 4) is 17.2 Å². The lowest BCUT2D eigenvalue weighted by Gasteiger charge is -2.40. The third kappa shape index (κ3) is 8.32. The number of methoxy groups -OCH3 is 2. The van der Waals surface area contributed by atoms with Crippen molar-refractivity contribution in [1.82, 2.24) is 10.2 Å². The molecule has 2 amide bonds. The molecule has 2 aromatic rings. The summed E-state index contributed by atoms with van der Waals surface area (Å²) in [4.78, 5) is 28.0. The number of nitrogens with one attached hydrogen (secondary N) is 1. The van der Waals surface area contributed by atoms with Crippen molar-refractivity contribution in [2.75, 3.05) is 47.1 Å². The highest BCUT2D eigenvalue weighted by molar-refractivity contribution is 14.1. The third-order valence-electron chi connectivity index (χ3n) is 6.57. The first-order valence-corrected chi connectivity index (χ1v) is 14.2. The molecule has 3 N–H and O–H groups in total. The number of halogens is 1. The normalized spacial score (nSPS) is 18.4. The predicted octanol–water partition coefficient (Wildman–Crippen LogP) is 2.33. The van der Waals surface area contributed by atoms with Gasteiger partial charge in [-0.15, -0.1) is 0 Å². The zero-order valence-corrected chi connectivity index (χ0v) is 25.1. The van der Waals surface area contributed by atoms with Crippen LogP contribution in [-0.2, 0) is 20.7 Å². The highest BCUT2D eigenvalue weighted by Gasteiger charge is 2.40. The molecule has 0 bridgehead atoms. The second kappa shape index (κ2) is 15.8. The Balaban J connectivity index is 1.95. The summed E-state index contributed by atoms with van der Waals surface area (Å²) in [6.45, 7) is 2.06. The SMILES string of the molecule is CCOCC(=O)N(CCc1cc(OC)ccc1OC)[C@@H]1CC(C(=O)NCCO)=C[C@H](Oc2ccccc2I)[C@H]1O. The van der Waals surface area contributed by atoms with Gasteiger partial charge in [0.2, 0.25) is 11.8 Å². The Bertz CT molecular complexity index is 1170. The number of benzene rings is 2. The summed E-state index contributed by atoms with van der Waals surface area (Å²) < 4.78 is 23.3. The van der Waals surface area contributed by atoms with Gasteiger partial charge < -0.3 is 39.4 Å². The van der Waals surface area contributed by atoms with Gasteiger partial charge in [0.15, 0.2) is 0 Å². The van der Waals surface area contributed by atoms with Crippen molar-refractivity contribution in [2.24, 2.45) is 0 Å². The lowest BCUT2D eigenvalue weighted by molar-refractivity contribution is -0.143. The van der Waals surface area contributed by atoms with E-state index in [4.69, 9.17) is 18.9 Å². The minimum absolute atomic E-state index is 0.0775. The van der Waals surface area contributed by atoms with Crippen LogP contribution in [0.15, 0.2) is 54.1 Å². The Hall–Kier alpha value is -2.87. The molecular weight excluding hydrogens is 631 g/mol. The van der Waals surface area contributed by atoms with Crippen LogP contribution in [0.1, 0.15) is 18.9 Å². The molecule has 1 aliphatic rings. The second-order valence-electron chi connectivity index (χ2n) is 9.10. The maximum atomic E-state index is 13.5. The van der Waals surface area contributed by atoms with Crippen molar-refractivity contribution < 1.29 is 38.7 Å². The van der Waals surface area contributed by atoms with Gasteiger partial charge in [-0.2, -0.15) is 0 Å². The molecule has 40 heavy (non-hydrogen) atoms. The molecule has 1 aliphatic carbocycles. The van der Waals surface area contributed by atoms with Crippen LogP contribution in [0.4, 0.5) is 0 Å². The molecule has 0 heterocycles. The quantitative estimate of drug-likeness (QED) is 0.262. The van der Waals surface area contributed by atoms with Gasteiger partial charge in [0.1, 0.15) is 36.1 Å². The first kappa shape index (κ1) is 31.7. The molecule has 3 rings (SSSR count). The van der Waals surface area contributed by atoms with Gasteiger partial charge >= 0.3 is 0 Å². The van der Waals surface area contributed by atoms with E-state index in [0.717, 1.165) is 9.13 Å². The number of para-hydroxylation sites is 1. The van der Waals surface area contributed by atoms with E-state index in [0.29, 0.717) is 35.8 Å². The zero-order chi connectivity index (χ0) is 29.1. The molecule has 10 nitrogen and oxygen atoms in total. The fourth-order valence-corrected chi connectivity index (χ4v) is 5.05. The summed E-state index contributed by atoms with van der Waals surface area (Å²) in [6.07, 6.45) is 0.0468. The van der Waals surface area contributed by atoms with Crippen LogP contribution in [0.3, 0.4) is 0 Å². The Morgan fingerprint density at radius 1 is 1.12 bits per heavy atom. The number of amides is 2. The zero-order valence-electron chi connectivity index (χ0n) is 23.0. The highest BCUT2D eigenvalue weighted by atomic mass is 127. The molecule has 0 fully saturated rings. The number of hydrogen-bond acceptors (Lipinski definition) is 8. The van der Waals surface area contributed by atoms with E-state index in [2.05, 4.69) is 27.9 Å². The van der Waals surface area contributed by atoms with Crippen molar-refractivity contribution >= 4 is 34.4 Å². The Kier molecular flexibility index (Phi) is 12.5. The molecular formula is C29H37IN2O8. The van der Waals surface area contributed by atoms with Crippen molar-refractivity contribution in [2.45, 2.75) is 38.0 Å². The number of rotatable bonds is 14. The minimum atomic E-state index is -1.14. The van der Waals surface area contributed by atoms with Crippen LogP contribution < -0.4 is 19.5 Å². The molecule has 0 radical (unpaired) electrons. The largest absolute Gasteiger partial charge is 0.497 e. The fourth-order valence-electron chi connectivity index (χ4n) is 4.53. The number of ether oxygens (including phenoxy) is 4. The van der Waals surface area contributed by atoms with E-state index in [1.165, 1.54) is 0 Å². The molecule has 0 saturated carbocycles. The number of nitrogens with zero attached hydrogens (tertiary/aromatic N) is 1. The molecule has 3 atom stereocenters. The van der Waals surface area contributed by atoms with Crippen LogP contribution >= 0.6 is 22.6 Å². The smallest absolute Gasteiger partial charge is 0.248 e. The lowest BCUT2D eigenvalue weighted by atomic mass is 9.88. The summed E-state index contributed by atoms with van der Waals surface area (Å²) in [7, 11) is 3.15. The predicted molar refractivity (Wildman–Crippen MR) is 158 cm³/mol. The molecule has 0 aliphatic heterocycles. The third-order valence-corrected chi connectivity index (χ3v) is 7.47. The van der Waals surface area contributed by atoms with E-state index in [-0.39, 0.29) is 38.6 Å². The van der Waals surface area contributed by atoms with Gasteiger partial charge in [0.25, 0.3) is 0 Å². The summed E-state index contributed by atoms with van der Waals surface area (Å²) >= 11 is 2.14. The van der Waals surface area contributed by atoms with E-state index < -0.39 is 24.2 Å². The number of hydrogen-bond donors (Lipinski definition) is 3. The Labute approximate surface area is 248 Å². The minimum Gasteiger partial charge on any atom is -0.497 e. The standard InChI is InChI=1S/C29H37IN2O8/c1-4-39-18-27(34)32(13-11-19-15-21(37-2)9-10-24(19)38-3)23-16-20(29(36)31-12-14-33)17-26(28(23)35)40-25-8-6-5-7-22(25)30/h5-10,15,17,23,26,28,33,35H,4,11-14,16,18H2,1-3H3,(H,31,36)/t23-,26+,28+/m1/s1. The van der Waals surface area contributed by atoms with Crippen LogP contribution in [0.25, 0.3) is 0 Å². The molecule has 0 spiro atoms. The van der Waals surface area contributed by atoms with Crippen molar-refractivity contribution in [1.29, 1.82) is 0 Å². The molecule has 0 aromatic heterocycles. The van der Waals surface area contributed by atoms with Crippen molar-refractivity contribution in [3.63, 3.8) is 0 Å². The number of carbonyl (C=O) groups is 2. The lowest BCUT2D eigenvalue weighted by Crippen LogP contribution is -2.56. The number of aliphatic hydroxyl groups is 2. The monoisotopic (exact) mass is 668 g/mol. The maximum Gasteiger partial charge on any atom is 0.248 e. The van der Waals surface area contributed by atoms with Crippen molar-refractivity contribution in [3.05, 3.63) is 63.2 Å². The molecule has 0 unspecified atom stereocenters. The molecule has 11 heteroatoms. The Morgan fingerprint density at radius 3 is 2.58 bits per heavy atom. The molecule has 0 saturated heterocycles. The average Bonchev–Trinajstić information content (AvgIpc) is 2.97. The average molecular weight is 669 g/mol. The van der Waals surface area contributed by atoms with Gasteiger partial charge in [-0.1, -0.05) is 12.1 Å². The summed E-state index contributed by atoms with van der Waals surface area (Å²) in [5.41, 5.74) is 1.18. The molecule has 218 valence electrons. The van der Waals surface area contributed by atoms with Crippen LogP contribution in [0, 0.1) is 3.57 Å². The fraction of sp³-hybridized carbons (Fsp3) is 0.448. The first-order chi connectivity index (χ1) is 19.3. The van der Waals surface area contributed by atoms with Crippen LogP contribution in [0.5, 0.6) is 17.2 Å². The highest BCUT2D eigenvalue weighted by Crippen LogP contribution is 2.31. The summed E-state index contributed by atoms with van der Waals surface area (Å²) in [5, 5.41) is 23.4. The van der Waals surface area contributed by atoms with Gasteiger partial charge in [0.05, 0.1) is 30.4 Å². The number of aliphatic hydroxyl groups excluding tert-OH is 2. The maximum absolute atomic E-state index is 13.5. The van der Waals surface area contributed by atoms with E-state index >= 15 is 0 Å². The summed E-state index contributed by atoms with van der Waals surface area (Å²) in [6, 6.07) is 12.0. The van der Waals surface area contributed by atoms with Gasteiger partial charge in [0, 0.05) is 31.7 Å². The van der Waals surface area contributed by atoms with Gasteiger partial charge in [-0.3, -0.25) is 9.59 Å². The van der Waals surface area contributed by atoms with E-state index in [1.807, 2.05) is 24.3 Å².